The standard InChI is InChI=1S/C19H23N3O4S/c1-20-12-17(15-4-2-3-5-16(15)18(20)23)19(24)22-9-7-21(8-10-22)14-6-11-27(25,26)13-14/h2-5,12,14H,6-11,13H2,1H3/t14-/m0/s1. The fraction of sp³-hybridized carbons (Fsp3) is 0.474. The van der Waals surface area contributed by atoms with Gasteiger partial charge in [-0.2, -0.15) is 0 Å². The van der Waals surface area contributed by atoms with Crippen molar-refractivity contribution in [3.63, 3.8) is 0 Å². The van der Waals surface area contributed by atoms with Gasteiger partial charge in [-0.25, -0.2) is 8.42 Å². The van der Waals surface area contributed by atoms with Crippen molar-refractivity contribution in [1.82, 2.24) is 14.4 Å². The molecular weight excluding hydrogens is 366 g/mol. The van der Waals surface area contributed by atoms with Crippen LogP contribution in [-0.2, 0) is 16.9 Å². The highest BCUT2D eigenvalue weighted by Gasteiger charge is 2.34. The van der Waals surface area contributed by atoms with E-state index in [1.54, 1.807) is 30.3 Å². The summed E-state index contributed by atoms with van der Waals surface area (Å²) in [4.78, 5) is 29.4. The molecule has 1 atom stereocenters. The summed E-state index contributed by atoms with van der Waals surface area (Å²) < 4.78 is 24.9. The van der Waals surface area contributed by atoms with Crippen LogP contribution in [0, 0.1) is 0 Å². The molecule has 27 heavy (non-hydrogen) atoms. The first-order chi connectivity index (χ1) is 12.9. The first-order valence-corrected chi connectivity index (χ1v) is 11.0. The summed E-state index contributed by atoms with van der Waals surface area (Å²) >= 11 is 0. The van der Waals surface area contributed by atoms with Gasteiger partial charge in [0, 0.05) is 56.2 Å². The molecule has 1 amide bonds. The molecule has 144 valence electrons. The average molecular weight is 389 g/mol. The van der Waals surface area contributed by atoms with E-state index < -0.39 is 9.84 Å². The predicted molar refractivity (Wildman–Crippen MR) is 104 cm³/mol. The molecule has 1 aromatic carbocycles. The monoisotopic (exact) mass is 389 g/mol. The lowest BCUT2D eigenvalue weighted by molar-refractivity contribution is 0.0589. The van der Waals surface area contributed by atoms with Gasteiger partial charge in [-0.3, -0.25) is 14.5 Å². The van der Waals surface area contributed by atoms with Gasteiger partial charge in [-0.15, -0.1) is 0 Å². The molecule has 0 spiro atoms. The number of amides is 1. The van der Waals surface area contributed by atoms with Gasteiger partial charge < -0.3 is 9.47 Å². The topological polar surface area (TPSA) is 79.7 Å². The summed E-state index contributed by atoms with van der Waals surface area (Å²) in [6.07, 6.45) is 2.30. The number of hydrogen-bond donors (Lipinski definition) is 0. The smallest absolute Gasteiger partial charge is 0.258 e. The summed E-state index contributed by atoms with van der Waals surface area (Å²) in [5.74, 6) is 0.410. The van der Waals surface area contributed by atoms with Crippen molar-refractivity contribution in [2.75, 3.05) is 37.7 Å². The summed E-state index contributed by atoms with van der Waals surface area (Å²) in [5, 5.41) is 1.22. The van der Waals surface area contributed by atoms with Crippen molar-refractivity contribution in [1.29, 1.82) is 0 Å². The lowest BCUT2D eigenvalue weighted by Crippen LogP contribution is -2.52. The Morgan fingerprint density at radius 2 is 1.74 bits per heavy atom. The lowest BCUT2D eigenvalue weighted by atomic mass is 10.1. The molecule has 2 aliphatic rings. The number of carbonyl (C=O) groups is 1. The van der Waals surface area contributed by atoms with E-state index in [0.29, 0.717) is 48.9 Å². The Hall–Kier alpha value is -2.19. The number of nitrogens with zero attached hydrogens (tertiary/aromatic N) is 3. The fourth-order valence-electron chi connectivity index (χ4n) is 4.11. The number of carbonyl (C=O) groups excluding carboxylic acids is 1. The summed E-state index contributed by atoms with van der Waals surface area (Å²) in [6, 6.07) is 7.26. The fourth-order valence-corrected chi connectivity index (χ4v) is 5.87. The molecule has 3 heterocycles. The van der Waals surface area contributed by atoms with Gasteiger partial charge in [0.2, 0.25) is 0 Å². The number of hydrogen-bond acceptors (Lipinski definition) is 5. The van der Waals surface area contributed by atoms with Crippen LogP contribution in [0.3, 0.4) is 0 Å². The van der Waals surface area contributed by atoms with Crippen molar-refractivity contribution in [2.24, 2.45) is 7.05 Å². The maximum Gasteiger partial charge on any atom is 0.258 e. The molecule has 2 saturated heterocycles. The van der Waals surface area contributed by atoms with Crippen molar-refractivity contribution in [2.45, 2.75) is 12.5 Å². The van der Waals surface area contributed by atoms with Gasteiger partial charge in [0.25, 0.3) is 11.5 Å². The van der Waals surface area contributed by atoms with E-state index in [9.17, 15) is 18.0 Å². The molecule has 0 aliphatic carbocycles. The van der Waals surface area contributed by atoms with E-state index in [0.717, 1.165) is 0 Å². The van der Waals surface area contributed by atoms with Gasteiger partial charge in [0.05, 0.1) is 17.1 Å². The van der Waals surface area contributed by atoms with E-state index in [2.05, 4.69) is 4.90 Å². The quantitative estimate of drug-likeness (QED) is 0.747. The maximum atomic E-state index is 13.1. The number of piperazine rings is 1. The molecule has 2 aliphatic heterocycles. The molecule has 0 unspecified atom stereocenters. The second-order valence-electron chi connectivity index (χ2n) is 7.39. The summed E-state index contributed by atoms with van der Waals surface area (Å²) in [5.41, 5.74) is 0.416. The zero-order chi connectivity index (χ0) is 19.2. The number of pyridine rings is 1. The molecule has 0 saturated carbocycles. The molecule has 0 N–H and O–H groups in total. The number of benzene rings is 1. The molecule has 2 fully saturated rings. The van der Waals surface area contributed by atoms with Gasteiger partial charge in [-0.05, 0) is 12.5 Å². The average Bonchev–Trinajstić information content (AvgIpc) is 3.04. The molecule has 2 aromatic rings. The number of aryl methyl sites for hydroxylation is 1. The molecule has 8 heteroatoms. The molecule has 7 nitrogen and oxygen atoms in total. The van der Waals surface area contributed by atoms with E-state index in [1.165, 1.54) is 4.57 Å². The van der Waals surface area contributed by atoms with Crippen LogP contribution in [0.1, 0.15) is 16.8 Å². The van der Waals surface area contributed by atoms with Crippen LogP contribution in [0.2, 0.25) is 0 Å². The van der Waals surface area contributed by atoms with Gasteiger partial charge in [0.1, 0.15) is 0 Å². The highest BCUT2D eigenvalue weighted by atomic mass is 32.2. The molecule has 1 aromatic heterocycles. The van der Waals surface area contributed by atoms with Crippen LogP contribution in [-0.4, -0.2) is 72.4 Å². The van der Waals surface area contributed by atoms with Crippen molar-refractivity contribution in [3.05, 3.63) is 46.4 Å². The third-order valence-electron chi connectivity index (χ3n) is 5.65. The summed E-state index contributed by atoms with van der Waals surface area (Å²) in [7, 11) is -1.25. The SMILES string of the molecule is Cn1cc(C(=O)N2CCN([C@H]3CCS(=O)(=O)C3)CC2)c2ccccc2c1=O. The Morgan fingerprint density at radius 3 is 2.37 bits per heavy atom. The van der Waals surface area contributed by atoms with E-state index in [4.69, 9.17) is 0 Å². The minimum atomic E-state index is -2.91. The molecular formula is C19H23N3O4S. The Labute approximate surface area is 158 Å². The van der Waals surface area contributed by atoms with Crippen molar-refractivity contribution in [3.8, 4) is 0 Å². The third-order valence-corrected chi connectivity index (χ3v) is 7.40. The van der Waals surface area contributed by atoms with Gasteiger partial charge >= 0.3 is 0 Å². The Balaban J connectivity index is 1.53. The largest absolute Gasteiger partial charge is 0.336 e. The van der Waals surface area contributed by atoms with Crippen molar-refractivity contribution >= 4 is 26.5 Å². The van der Waals surface area contributed by atoms with Crippen LogP contribution in [0.15, 0.2) is 35.3 Å². The first-order valence-electron chi connectivity index (χ1n) is 9.18. The Kier molecular flexibility index (Phi) is 4.55. The molecule has 4 rings (SSSR count). The summed E-state index contributed by atoms with van der Waals surface area (Å²) in [6.45, 7) is 2.48. The van der Waals surface area contributed by atoms with Crippen LogP contribution >= 0.6 is 0 Å². The zero-order valence-electron chi connectivity index (χ0n) is 15.3. The van der Waals surface area contributed by atoms with Crippen LogP contribution in [0.5, 0.6) is 0 Å². The highest BCUT2D eigenvalue weighted by Crippen LogP contribution is 2.21. The van der Waals surface area contributed by atoms with E-state index >= 15 is 0 Å². The number of sulfone groups is 1. The molecule has 0 bridgehead atoms. The highest BCUT2D eigenvalue weighted by molar-refractivity contribution is 7.91. The first kappa shape index (κ1) is 18.2. The van der Waals surface area contributed by atoms with E-state index in [-0.39, 0.29) is 29.0 Å². The number of fused-ring (bicyclic) bond motifs is 1. The zero-order valence-corrected chi connectivity index (χ0v) is 16.1. The van der Waals surface area contributed by atoms with Crippen LogP contribution in [0.25, 0.3) is 10.8 Å². The number of aromatic nitrogens is 1. The Morgan fingerprint density at radius 1 is 1.07 bits per heavy atom. The van der Waals surface area contributed by atoms with E-state index in [1.807, 2.05) is 12.1 Å². The van der Waals surface area contributed by atoms with Crippen LogP contribution < -0.4 is 5.56 Å². The number of rotatable bonds is 2. The minimum Gasteiger partial charge on any atom is -0.336 e. The van der Waals surface area contributed by atoms with Crippen LogP contribution in [0.4, 0.5) is 0 Å². The minimum absolute atomic E-state index is 0.0747. The van der Waals surface area contributed by atoms with Gasteiger partial charge in [-0.1, -0.05) is 18.2 Å². The van der Waals surface area contributed by atoms with Gasteiger partial charge in [0.15, 0.2) is 9.84 Å². The second kappa shape index (κ2) is 6.76. The second-order valence-corrected chi connectivity index (χ2v) is 9.62. The molecule has 0 radical (unpaired) electrons. The van der Waals surface area contributed by atoms with Crippen molar-refractivity contribution < 1.29 is 13.2 Å². The maximum absolute atomic E-state index is 13.1. The normalized spacial score (nSPS) is 23.0. The Bertz CT molecular complexity index is 1050. The lowest BCUT2D eigenvalue weighted by Gasteiger charge is -2.37. The third kappa shape index (κ3) is 3.39. The predicted octanol–water partition coefficient (Wildman–Crippen LogP) is 0.483.